The maximum absolute atomic E-state index is 8.49. The van der Waals surface area contributed by atoms with Crippen molar-refractivity contribution in [3.8, 4) is 0 Å². The number of pyridine rings is 1. The molecule has 0 atom stereocenters. The van der Waals surface area contributed by atoms with Crippen molar-refractivity contribution in [2.45, 2.75) is 19.9 Å². The van der Waals surface area contributed by atoms with Gasteiger partial charge in [-0.25, -0.2) is 18.6 Å². The molecule has 0 bridgehead atoms. The number of fused-ring (bicyclic) bond motifs is 2. The summed E-state index contributed by atoms with van der Waals surface area (Å²) in [6.07, 6.45) is 4.64. The molecule has 0 aliphatic heterocycles. The Morgan fingerprint density at radius 2 is 1.02 bits per heavy atom. The molecule has 6 rings (SSSR count). The van der Waals surface area contributed by atoms with Gasteiger partial charge in [0.2, 0.25) is 0 Å². The topological polar surface area (TPSA) is 108 Å². The molecule has 1 aromatic heterocycles. The van der Waals surface area contributed by atoms with Crippen molar-refractivity contribution in [2.24, 2.45) is 0 Å². The Hall–Kier alpha value is -2.97. The number of nitrogens with zero attached hydrogens (tertiary/aromatic N) is 2. The fraction of sp³-hybridized carbons (Fsp3) is 0.114. The van der Waals surface area contributed by atoms with Crippen LogP contribution in [0.4, 0.5) is 0 Å². The predicted molar refractivity (Wildman–Crippen MR) is 167 cm³/mol. The van der Waals surface area contributed by atoms with Crippen LogP contribution in [0.3, 0.4) is 0 Å². The molecule has 0 radical (unpaired) electrons. The Balaban J connectivity index is 0.000000375. The van der Waals surface area contributed by atoms with E-state index in [-0.39, 0.29) is 22.4 Å². The zero-order valence-corrected chi connectivity index (χ0v) is 28.1. The van der Waals surface area contributed by atoms with Crippen LogP contribution in [0, 0.1) is 10.2 Å². The van der Waals surface area contributed by atoms with Gasteiger partial charge in [-0.3, -0.25) is 4.98 Å². The molecular formula is C35H34AuClN2O4P+. The van der Waals surface area contributed by atoms with Gasteiger partial charge in [0.25, 0.3) is 0 Å². The Bertz CT molecular complexity index is 1550. The zero-order chi connectivity index (χ0) is 30.5. The van der Waals surface area contributed by atoms with Crippen molar-refractivity contribution < 1.29 is 51.3 Å². The molecular weight excluding hydrogens is 776 g/mol. The molecule has 0 unspecified atom stereocenters. The van der Waals surface area contributed by atoms with Gasteiger partial charge in [0.05, 0.1) is 6.54 Å². The van der Waals surface area contributed by atoms with Crippen LogP contribution in [0.25, 0.3) is 21.5 Å². The first-order chi connectivity index (χ1) is 20.8. The van der Waals surface area contributed by atoms with Crippen molar-refractivity contribution in [3.63, 3.8) is 0 Å². The van der Waals surface area contributed by atoms with E-state index in [1.807, 2.05) is 18.2 Å². The van der Waals surface area contributed by atoms with E-state index in [1.54, 1.807) is 12.4 Å². The largest absolute Gasteiger partial charge is 1.00 e. The third kappa shape index (κ3) is 10.9. The van der Waals surface area contributed by atoms with Crippen LogP contribution in [-0.4, -0.2) is 16.2 Å². The number of benzene rings is 5. The molecule has 1 heterocycles. The third-order valence-corrected chi connectivity index (χ3v) is 9.48. The van der Waals surface area contributed by atoms with Gasteiger partial charge in [0, 0.05) is 18.9 Å². The second kappa shape index (κ2) is 18.1. The van der Waals surface area contributed by atoms with Crippen LogP contribution in [0.2, 0.25) is 0 Å². The fourth-order valence-electron chi connectivity index (χ4n) is 5.05. The Morgan fingerprint density at radius 3 is 1.41 bits per heavy atom. The predicted octanol–water partition coefficient (Wildman–Crippen LogP) is 3.31. The Labute approximate surface area is 277 Å². The molecule has 0 spiro atoms. The number of hydrogen-bond donors (Lipinski definition) is 0. The van der Waals surface area contributed by atoms with E-state index >= 15 is 0 Å². The molecule has 0 aliphatic carbocycles. The molecule has 0 N–H and O–H groups in total. The van der Waals surface area contributed by atoms with Crippen molar-refractivity contribution in [1.82, 2.24) is 9.65 Å². The van der Waals surface area contributed by atoms with E-state index in [2.05, 4.69) is 132 Å². The van der Waals surface area contributed by atoms with Gasteiger partial charge >= 0.3 is 22.4 Å². The third-order valence-electron chi connectivity index (χ3n) is 6.70. The van der Waals surface area contributed by atoms with Gasteiger partial charge < -0.3 is 0 Å². The van der Waals surface area contributed by atoms with Crippen LogP contribution in [-0.2, 0) is 28.9 Å². The minimum absolute atomic E-state index is 0. The molecule has 0 saturated carbocycles. The number of rotatable bonds is 7. The summed E-state index contributed by atoms with van der Waals surface area (Å²) in [6, 6.07) is 48.0. The van der Waals surface area contributed by atoms with Crippen molar-refractivity contribution in [1.29, 1.82) is 0 Å². The molecule has 9 heteroatoms. The van der Waals surface area contributed by atoms with Crippen LogP contribution in [0.15, 0.2) is 146 Å². The van der Waals surface area contributed by atoms with Gasteiger partial charge in [-0.2, -0.15) is 4.67 Å². The van der Waals surface area contributed by atoms with Crippen LogP contribution >= 0.6 is 8.07 Å². The van der Waals surface area contributed by atoms with E-state index in [0.717, 1.165) is 19.5 Å². The molecule has 0 amide bonds. The Morgan fingerprint density at radius 1 is 0.614 bits per heavy atom. The smallest absolute Gasteiger partial charge is 0.265 e. The average molecular weight is 810 g/mol. The van der Waals surface area contributed by atoms with Crippen LogP contribution in [0.5, 0.6) is 0 Å². The minimum atomic E-state index is -4.94. The molecule has 5 aromatic carbocycles. The van der Waals surface area contributed by atoms with Gasteiger partial charge in [0.15, 0.2) is 0 Å². The summed E-state index contributed by atoms with van der Waals surface area (Å²) in [5, 5.41) is 8.28. The van der Waals surface area contributed by atoms with Gasteiger partial charge in [0.1, 0.15) is 18.7 Å². The van der Waals surface area contributed by atoms with Crippen molar-refractivity contribution in [3.05, 3.63) is 151 Å². The monoisotopic (exact) mass is 809 g/mol. The standard InChI is InChI=1S/C30H28NP.C5H5N.Au.ClHO4/c1-2-21-31(32(26-15-5-3-6-16-26)27-17-7-4-8-18-27)23-30-28-19-11-9-13-24(28)22-25-14-10-12-20-29(25)30;1-2-4-6-5-3-1;;2-1(3,4)5/h3-20,22H,2,21,23H2,1H3;1-5H;;(H,2,3,4,5)/q;;+1;. The van der Waals surface area contributed by atoms with E-state index in [0.29, 0.717) is 0 Å². The fourth-order valence-corrected chi connectivity index (χ4v) is 7.89. The number of aromatic nitrogens is 1. The first-order valence-corrected chi connectivity index (χ1v) is 16.6. The summed E-state index contributed by atoms with van der Waals surface area (Å²) in [5.41, 5.74) is 1.45. The molecule has 44 heavy (non-hydrogen) atoms. The SMILES string of the molecule is CCCN(Cc1c2ccccc2cc2ccccc12)[PH+](c1ccccc1)c1ccccc1.[Au+].[O-][Cl+3]([O-])([O-])[O-].c1ccncc1. The van der Waals surface area contributed by atoms with Crippen LogP contribution < -0.4 is 29.2 Å². The van der Waals surface area contributed by atoms with Gasteiger partial charge in [-0.15, -0.1) is 10.2 Å². The van der Waals surface area contributed by atoms with E-state index in [1.165, 1.54) is 37.7 Å². The van der Waals surface area contributed by atoms with E-state index in [4.69, 9.17) is 18.6 Å². The van der Waals surface area contributed by atoms with Gasteiger partial charge in [-0.05, 0) is 76.0 Å². The minimum Gasteiger partial charge on any atom is -0.265 e. The molecule has 0 aliphatic rings. The second-order valence-electron chi connectivity index (χ2n) is 9.70. The Kier molecular flexibility index (Phi) is 14.6. The quantitative estimate of drug-likeness (QED) is 0.139. The summed E-state index contributed by atoms with van der Waals surface area (Å²) in [7, 11) is -6.05. The summed E-state index contributed by atoms with van der Waals surface area (Å²) < 4.78 is 36.7. The summed E-state index contributed by atoms with van der Waals surface area (Å²) in [4.78, 5) is 3.78. The summed E-state index contributed by atoms with van der Waals surface area (Å²) in [6.45, 7) is 4.33. The first kappa shape index (κ1) is 35.5. The second-order valence-corrected chi connectivity index (χ2v) is 12.9. The van der Waals surface area contributed by atoms with Crippen molar-refractivity contribution >= 4 is 40.2 Å². The molecule has 0 saturated heterocycles. The zero-order valence-electron chi connectivity index (χ0n) is 24.2. The van der Waals surface area contributed by atoms with E-state index in [9.17, 15) is 0 Å². The number of hydrogen-bond acceptors (Lipinski definition) is 6. The normalized spacial score (nSPS) is 10.9. The molecule has 230 valence electrons. The number of halogens is 1. The van der Waals surface area contributed by atoms with Gasteiger partial charge in [-0.1, -0.05) is 97.9 Å². The summed E-state index contributed by atoms with van der Waals surface area (Å²) >= 11 is 0. The molecule has 0 fully saturated rings. The molecule has 6 nitrogen and oxygen atoms in total. The van der Waals surface area contributed by atoms with E-state index < -0.39 is 18.3 Å². The maximum atomic E-state index is 8.49. The maximum Gasteiger partial charge on any atom is 1.00 e. The first-order valence-electron chi connectivity index (χ1n) is 13.9. The van der Waals surface area contributed by atoms with Crippen LogP contribution in [0.1, 0.15) is 18.9 Å². The van der Waals surface area contributed by atoms with Crippen molar-refractivity contribution in [2.75, 3.05) is 6.54 Å². The molecule has 6 aromatic rings. The summed E-state index contributed by atoms with van der Waals surface area (Å²) in [5.74, 6) is 0. The average Bonchev–Trinajstić information content (AvgIpc) is 3.02.